The predicted molar refractivity (Wildman–Crippen MR) is 113 cm³/mol. The van der Waals surface area contributed by atoms with Gasteiger partial charge in [0, 0.05) is 49.2 Å². The molecule has 1 saturated heterocycles. The summed E-state index contributed by atoms with van der Waals surface area (Å²) in [6.45, 7) is 12.9. The maximum absolute atomic E-state index is 5.29. The van der Waals surface area contributed by atoms with Crippen LogP contribution in [0.4, 0.5) is 11.6 Å². The molecular weight excluding hydrogens is 350 g/mol. The Labute approximate surface area is 167 Å². The van der Waals surface area contributed by atoms with E-state index in [0.717, 1.165) is 43.6 Å². The number of methoxy groups -OCH3 is 1. The highest BCUT2D eigenvalue weighted by molar-refractivity contribution is 5.68. The fraction of sp³-hybridized carbons (Fsp3) is 0.545. The molecule has 1 N–H and O–H groups in total. The number of hydrogen-bond donors (Lipinski definition) is 1. The van der Waals surface area contributed by atoms with Crippen molar-refractivity contribution < 1.29 is 4.74 Å². The minimum atomic E-state index is 0.00618. The summed E-state index contributed by atoms with van der Waals surface area (Å²) >= 11 is 0. The van der Waals surface area contributed by atoms with Gasteiger partial charge in [0.15, 0.2) is 0 Å². The van der Waals surface area contributed by atoms with E-state index in [1.54, 1.807) is 13.4 Å². The van der Waals surface area contributed by atoms with E-state index >= 15 is 0 Å². The molecule has 3 heterocycles. The largest absolute Gasteiger partial charge is 0.497 e. The summed E-state index contributed by atoms with van der Waals surface area (Å²) in [5.41, 5.74) is 2.55. The maximum atomic E-state index is 5.29. The lowest BCUT2D eigenvalue weighted by atomic mass is 9.87. The number of benzene rings is 1. The van der Waals surface area contributed by atoms with E-state index in [-0.39, 0.29) is 5.41 Å². The quantitative estimate of drug-likeness (QED) is 0.879. The summed E-state index contributed by atoms with van der Waals surface area (Å²) in [5.74, 6) is 3.06. The number of anilines is 2. The van der Waals surface area contributed by atoms with E-state index in [9.17, 15) is 0 Å². The van der Waals surface area contributed by atoms with E-state index in [1.807, 2.05) is 12.1 Å². The summed E-state index contributed by atoms with van der Waals surface area (Å²) in [6, 6.07) is 9.18. The van der Waals surface area contributed by atoms with Gasteiger partial charge in [-0.3, -0.25) is 0 Å². The van der Waals surface area contributed by atoms with Crippen molar-refractivity contribution in [2.45, 2.75) is 51.7 Å². The molecule has 6 heteroatoms. The number of piperazine rings is 1. The second kappa shape index (κ2) is 7.24. The number of hydrogen-bond acceptors (Lipinski definition) is 6. The minimum Gasteiger partial charge on any atom is -0.497 e. The van der Waals surface area contributed by atoms with Crippen molar-refractivity contribution >= 4 is 11.6 Å². The lowest BCUT2D eigenvalue weighted by Crippen LogP contribution is -2.55. The minimum absolute atomic E-state index is 0.00618. The van der Waals surface area contributed by atoms with Crippen LogP contribution < -0.4 is 19.9 Å². The molecule has 2 atom stereocenters. The number of nitrogens with one attached hydrogen (secondary N) is 1. The van der Waals surface area contributed by atoms with E-state index in [0.29, 0.717) is 12.1 Å². The van der Waals surface area contributed by atoms with E-state index < -0.39 is 0 Å². The molecule has 0 amide bonds. The zero-order valence-electron chi connectivity index (χ0n) is 17.6. The van der Waals surface area contributed by atoms with Gasteiger partial charge >= 0.3 is 0 Å². The molecule has 1 aromatic carbocycles. The predicted octanol–water partition coefficient (Wildman–Crippen LogP) is 2.97. The zero-order chi connectivity index (χ0) is 19.9. The lowest BCUT2D eigenvalue weighted by molar-refractivity contribution is 0.414. The van der Waals surface area contributed by atoms with Crippen LogP contribution in [-0.4, -0.2) is 48.8 Å². The van der Waals surface area contributed by atoms with Crippen molar-refractivity contribution in [2.75, 3.05) is 36.5 Å². The van der Waals surface area contributed by atoms with Gasteiger partial charge in [0.25, 0.3) is 0 Å². The van der Waals surface area contributed by atoms with Crippen molar-refractivity contribution in [1.82, 2.24) is 15.3 Å². The van der Waals surface area contributed by atoms with Crippen LogP contribution in [0.1, 0.15) is 38.8 Å². The molecule has 2 aliphatic heterocycles. The molecule has 1 aromatic heterocycles. The second-order valence-corrected chi connectivity index (χ2v) is 8.79. The van der Waals surface area contributed by atoms with Crippen LogP contribution in [0.2, 0.25) is 0 Å². The highest BCUT2D eigenvalue weighted by atomic mass is 16.5. The third-order valence-corrected chi connectivity index (χ3v) is 5.94. The molecule has 0 unspecified atom stereocenters. The fourth-order valence-corrected chi connectivity index (χ4v) is 4.46. The number of aromatic nitrogens is 2. The standard InChI is InChI=1S/C22H31N5O/c1-15-11-27(16(2)10-23-15)21-19-20(24-14-25-21)26(13-22(19,3)4)12-17-6-8-18(28-5)9-7-17/h6-9,14-16,23H,10-13H2,1-5H3/t15-,16+/m1/s1. The van der Waals surface area contributed by atoms with Gasteiger partial charge in [-0.1, -0.05) is 26.0 Å². The van der Waals surface area contributed by atoms with Gasteiger partial charge in [-0.25, -0.2) is 9.97 Å². The zero-order valence-corrected chi connectivity index (χ0v) is 17.6. The summed E-state index contributed by atoms with van der Waals surface area (Å²) < 4.78 is 5.29. The first-order valence-electron chi connectivity index (χ1n) is 10.1. The van der Waals surface area contributed by atoms with Gasteiger partial charge < -0.3 is 19.9 Å². The van der Waals surface area contributed by atoms with E-state index in [1.165, 1.54) is 11.1 Å². The first-order chi connectivity index (χ1) is 13.4. The van der Waals surface area contributed by atoms with Crippen molar-refractivity contribution in [3.63, 3.8) is 0 Å². The van der Waals surface area contributed by atoms with Crippen molar-refractivity contribution in [2.24, 2.45) is 0 Å². The normalized spacial score (nSPS) is 23.6. The van der Waals surface area contributed by atoms with E-state index in [2.05, 4.69) is 54.9 Å². The molecule has 2 aromatic rings. The molecule has 28 heavy (non-hydrogen) atoms. The number of ether oxygens (including phenoxy) is 1. The Hall–Kier alpha value is -2.34. The summed E-state index contributed by atoms with van der Waals surface area (Å²) in [7, 11) is 1.70. The van der Waals surface area contributed by atoms with Gasteiger partial charge in [-0.05, 0) is 31.5 Å². The van der Waals surface area contributed by atoms with Crippen LogP contribution in [-0.2, 0) is 12.0 Å². The Morgan fingerprint density at radius 2 is 1.86 bits per heavy atom. The molecular formula is C22H31N5O. The van der Waals surface area contributed by atoms with Crippen LogP contribution in [0.5, 0.6) is 5.75 Å². The van der Waals surface area contributed by atoms with Crippen molar-refractivity contribution in [3.8, 4) is 5.75 Å². The molecule has 6 nitrogen and oxygen atoms in total. The van der Waals surface area contributed by atoms with Crippen LogP contribution >= 0.6 is 0 Å². The van der Waals surface area contributed by atoms with Crippen LogP contribution in [0.15, 0.2) is 30.6 Å². The molecule has 150 valence electrons. The molecule has 1 fully saturated rings. The maximum Gasteiger partial charge on any atom is 0.138 e. The SMILES string of the molecule is COc1ccc(CN2CC(C)(C)c3c2ncnc3N2C[C@@H](C)NC[C@@H]2C)cc1. The highest BCUT2D eigenvalue weighted by Crippen LogP contribution is 2.44. The third kappa shape index (κ3) is 3.41. The Kier molecular flexibility index (Phi) is 4.91. The van der Waals surface area contributed by atoms with Crippen LogP contribution in [0.25, 0.3) is 0 Å². The summed E-state index contributed by atoms with van der Waals surface area (Å²) in [4.78, 5) is 14.3. The van der Waals surface area contributed by atoms with E-state index in [4.69, 9.17) is 14.7 Å². The molecule has 0 spiro atoms. The van der Waals surface area contributed by atoms with Gasteiger partial charge in [-0.2, -0.15) is 0 Å². The molecule has 0 radical (unpaired) electrons. The average molecular weight is 382 g/mol. The first-order valence-corrected chi connectivity index (χ1v) is 10.1. The topological polar surface area (TPSA) is 53.5 Å². The van der Waals surface area contributed by atoms with Gasteiger partial charge in [0.05, 0.1) is 7.11 Å². The smallest absolute Gasteiger partial charge is 0.138 e. The Morgan fingerprint density at radius 1 is 1.14 bits per heavy atom. The average Bonchev–Trinajstić information content (AvgIpc) is 2.95. The Bertz CT molecular complexity index is 835. The summed E-state index contributed by atoms with van der Waals surface area (Å²) in [6.07, 6.45) is 1.73. The third-order valence-electron chi connectivity index (χ3n) is 5.94. The first kappa shape index (κ1) is 19.0. The van der Waals surface area contributed by atoms with Gasteiger partial charge in [0.1, 0.15) is 23.7 Å². The Balaban J connectivity index is 1.67. The number of fused-ring (bicyclic) bond motifs is 1. The molecule has 0 bridgehead atoms. The van der Waals surface area contributed by atoms with Crippen molar-refractivity contribution in [3.05, 3.63) is 41.7 Å². The van der Waals surface area contributed by atoms with Crippen LogP contribution in [0, 0.1) is 0 Å². The molecule has 0 aliphatic carbocycles. The highest BCUT2D eigenvalue weighted by Gasteiger charge is 2.41. The number of rotatable bonds is 4. The monoisotopic (exact) mass is 381 g/mol. The summed E-state index contributed by atoms with van der Waals surface area (Å²) in [5, 5.41) is 3.56. The van der Waals surface area contributed by atoms with Gasteiger partial charge in [0.2, 0.25) is 0 Å². The fourth-order valence-electron chi connectivity index (χ4n) is 4.46. The molecule has 2 aliphatic rings. The lowest BCUT2D eigenvalue weighted by Gasteiger charge is -2.40. The second-order valence-electron chi connectivity index (χ2n) is 8.79. The van der Waals surface area contributed by atoms with Gasteiger partial charge in [-0.15, -0.1) is 0 Å². The van der Waals surface area contributed by atoms with Crippen LogP contribution in [0.3, 0.4) is 0 Å². The Morgan fingerprint density at radius 3 is 2.57 bits per heavy atom. The number of nitrogens with zero attached hydrogens (tertiary/aromatic N) is 4. The molecule has 4 rings (SSSR count). The van der Waals surface area contributed by atoms with Crippen molar-refractivity contribution in [1.29, 1.82) is 0 Å². The molecule has 0 saturated carbocycles.